The van der Waals surface area contributed by atoms with E-state index in [9.17, 15) is 27.9 Å². The number of aromatic nitrogens is 1. The van der Waals surface area contributed by atoms with Crippen molar-refractivity contribution in [2.24, 2.45) is 0 Å². The Bertz CT molecular complexity index is 976. The van der Waals surface area contributed by atoms with E-state index in [-0.39, 0.29) is 33.6 Å². The van der Waals surface area contributed by atoms with Gasteiger partial charge >= 0.3 is 11.5 Å². The maximum atomic E-state index is 12.7. The van der Waals surface area contributed by atoms with Gasteiger partial charge in [0.05, 0.1) is 11.3 Å². The number of amides is 1. The number of phenols is 1. The zero-order valence-corrected chi connectivity index (χ0v) is 18.8. The van der Waals surface area contributed by atoms with Crippen LogP contribution in [0.4, 0.5) is 18.9 Å². The van der Waals surface area contributed by atoms with Crippen LogP contribution >= 0.6 is 23.5 Å². The Morgan fingerprint density at radius 3 is 2.45 bits per heavy atom. The molecular formula is C20H21F3N2O4S2. The van der Waals surface area contributed by atoms with Crippen molar-refractivity contribution in [1.29, 1.82) is 0 Å². The number of anilines is 1. The van der Waals surface area contributed by atoms with Crippen molar-refractivity contribution >= 4 is 41.1 Å². The number of hydrogen-bond donors (Lipinski definition) is 2. The minimum absolute atomic E-state index is 0.0348. The average molecular weight is 475 g/mol. The first-order chi connectivity index (χ1) is 14.3. The van der Waals surface area contributed by atoms with Crippen LogP contribution in [0.2, 0.25) is 0 Å². The smallest absolute Gasteiger partial charge is 0.446 e. The molecule has 0 aliphatic heterocycles. The summed E-state index contributed by atoms with van der Waals surface area (Å²) in [4.78, 5) is 29.3. The number of nitrogens with one attached hydrogen (secondary N) is 1. The first-order valence-corrected chi connectivity index (χ1v) is 10.9. The second kappa shape index (κ2) is 9.82. The Balaban J connectivity index is 2.30. The number of benzene rings is 1. The number of phenolic OH excluding ortho intramolecular Hbond substituents is 1. The molecule has 0 bridgehead atoms. The van der Waals surface area contributed by atoms with Crippen molar-refractivity contribution < 1.29 is 32.6 Å². The van der Waals surface area contributed by atoms with E-state index in [4.69, 9.17) is 4.74 Å². The van der Waals surface area contributed by atoms with Gasteiger partial charge in [-0.2, -0.15) is 13.2 Å². The Labute approximate surface area is 186 Å². The Hall–Kier alpha value is -2.40. The van der Waals surface area contributed by atoms with Crippen molar-refractivity contribution in [3.05, 3.63) is 41.7 Å². The van der Waals surface area contributed by atoms with Crippen LogP contribution in [0, 0.1) is 0 Å². The van der Waals surface area contributed by atoms with Gasteiger partial charge in [-0.25, -0.2) is 9.78 Å². The first-order valence-electron chi connectivity index (χ1n) is 9.05. The van der Waals surface area contributed by atoms with Crippen LogP contribution in [0.25, 0.3) is 0 Å². The lowest BCUT2D eigenvalue weighted by atomic mass is 10.2. The summed E-state index contributed by atoms with van der Waals surface area (Å²) in [5, 5.41) is 12.3. The third kappa shape index (κ3) is 7.66. The largest absolute Gasteiger partial charge is 0.506 e. The fraction of sp³-hybridized carbons (Fsp3) is 0.350. The second-order valence-electron chi connectivity index (χ2n) is 7.19. The fourth-order valence-electron chi connectivity index (χ4n) is 2.32. The van der Waals surface area contributed by atoms with Gasteiger partial charge in [0, 0.05) is 16.0 Å². The summed E-state index contributed by atoms with van der Waals surface area (Å²) in [6.45, 7) is 7.01. The maximum Gasteiger partial charge on any atom is 0.446 e. The normalized spacial score (nSPS) is 11.8. The van der Waals surface area contributed by atoms with E-state index in [1.165, 1.54) is 24.0 Å². The van der Waals surface area contributed by atoms with E-state index in [0.29, 0.717) is 10.6 Å². The number of ether oxygens (including phenoxy) is 1. The number of nitrogens with zero attached hydrogens (tertiary/aromatic N) is 1. The van der Waals surface area contributed by atoms with Gasteiger partial charge in [0.1, 0.15) is 17.0 Å². The third-order valence-corrected chi connectivity index (χ3v) is 5.08. The third-order valence-electron chi connectivity index (χ3n) is 3.45. The monoisotopic (exact) mass is 474 g/mol. The number of alkyl halides is 3. The molecule has 1 aromatic carbocycles. The summed E-state index contributed by atoms with van der Waals surface area (Å²) >= 11 is 0.893. The zero-order chi connectivity index (χ0) is 23.4. The standard InChI is InChI=1S/C20H21F3N2O4S2/c1-5-30-15-8-11(18(28)29-19(2,3)4)10-24-16(15)17(27)25-13-9-12(6-7-14(13)26)31-20(21,22)23/h6-10,26H,5H2,1-4H3,(H,25,27). The van der Waals surface area contributed by atoms with Crippen molar-refractivity contribution in [1.82, 2.24) is 4.98 Å². The fourth-order valence-corrected chi connectivity index (χ4v) is 3.71. The van der Waals surface area contributed by atoms with E-state index >= 15 is 0 Å². The molecule has 31 heavy (non-hydrogen) atoms. The molecule has 1 amide bonds. The number of carbonyl (C=O) groups is 2. The van der Waals surface area contributed by atoms with Crippen LogP contribution in [-0.4, -0.2) is 38.8 Å². The van der Waals surface area contributed by atoms with Crippen molar-refractivity contribution in [2.45, 2.75) is 48.6 Å². The number of rotatable bonds is 6. The summed E-state index contributed by atoms with van der Waals surface area (Å²) in [5.74, 6) is -1.16. The Morgan fingerprint density at radius 1 is 1.19 bits per heavy atom. The van der Waals surface area contributed by atoms with Crippen molar-refractivity contribution in [3.63, 3.8) is 0 Å². The van der Waals surface area contributed by atoms with Crippen LogP contribution < -0.4 is 5.32 Å². The molecule has 6 nitrogen and oxygen atoms in total. The van der Waals surface area contributed by atoms with Gasteiger partial charge in [-0.3, -0.25) is 4.79 Å². The molecule has 168 valence electrons. The molecule has 0 fully saturated rings. The minimum atomic E-state index is -4.51. The van der Waals surface area contributed by atoms with Crippen LogP contribution in [0.5, 0.6) is 5.75 Å². The molecule has 2 aromatic rings. The van der Waals surface area contributed by atoms with Crippen LogP contribution in [0.15, 0.2) is 40.3 Å². The Morgan fingerprint density at radius 2 is 1.87 bits per heavy atom. The van der Waals surface area contributed by atoms with Gasteiger partial charge in [-0.15, -0.1) is 11.8 Å². The minimum Gasteiger partial charge on any atom is -0.506 e. The van der Waals surface area contributed by atoms with E-state index in [2.05, 4.69) is 10.3 Å². The number of hydrogen-bond acceptors (Lipinski definition) is 7. The van der Waals surface area contributed by atoms with E-state index < -0.39 is 28.7 Å². The van der Waals surface area contributed by atoms with Gasteiger partial charge in [0.15, 0.2) is 0 Å². The van der Waals surface area contributed by atoms with Crippen LogP contribution in [0.3, 0.4) is 0 Å². The van der Waals surface area contributed by atoms with Gasteiger partial charge in [-0.05, 0) is 62.6 Å². The van der Waals surface area contributed by atoms with Gasteiger partial charge < -0.3 is 15.2 Å². The molecule has 2 rings (SSSR count). The highest BCUT2D eigenvalue weighted by atomic mass is 32.2. The molecule has 0 radical (unpaired) electrons. The van der Waals surface area contributed by atoms with E-state index in [0.717, 1.165) is 18.2 Å². The van der Waals surface area contributed by atoms with E-state index in [1.54, 1.807) is 20.8 Å². The molecule has 1 heterocycles. The topological polar surface area (TPSA) is 88.5 Å². The molecule has 11 heteroatoms. The lowest BCUT2D eigenvalue weighted by Gasteiger charge is -2.19. The number of esters is 1. The quantitative estimate of drug-likeness (QED) is 0.315. The van der Waals surface area contributed by atoms with Crippen molar-refractivity contribution in [3.8, 4) is 5.75 Å². The van der Waals surface area contributed by atoms with Crippen molar-refractivity contribution in [2.75, 3.05) is 11.1 Å². The maximum absolute atomic E-state index is 12.7. The van der Waals surface area contributed by atoms with Gasteiger partial charge in [-0.1, -0.05) is 6.92 Å². The lowest BCUT2D eigenvalue weighted by molar-refractivity contribution is -0.0328. The molecule has 0 atom stereocenters. The molecular weight excluding hydrogens is 453 g/mol. The van der Waals surface area contributed by atoms with Crippen LogP contribution in [0.1, 0.15) is 48.5 Å². The summed E-state index contributed by atoms with van der Waals surface area (Å²) in [7, 11) is 0. The number of halogens is 3. The zero-order valence-electron chi connectivity index (χ0n) is 17.2. The lowest BCUT2D eigenvalue weighted by Crippen LogP contribution is -2.24. The number of carbonyl (C=O) groups excluding carboxylic acids is 2. The molecule has 0 saturated heterocycles. The number of thioether (sulfide) groups is 2. The second-order valence-corrected chi connectivity index (χ2v) is 9.63. The van der Waals surface area contributed by atoms with Gasteiger partial charge in [0.25, 0.3) is 5.91 Å². The highest BCUT2D eigenvalue weighted by Gasteiger charge is 2.29. The summed E-state index contributed by atoms with van der Waals surface area (Å²) in [6.07, 6.45) is 1.19. The predicted octanol–water partition coefficient (Wildman–Crippen LogP) is 5.72. The molecule has 0 aliphatic carbocycles. The molecule has 0 aliphatic rings. The molecule has 0 spiro atoms. The van der Waals surface area contributed by atoms with E-state index in [1.807, 2.05) is 6.92 Å². The predicted molar refractivity (Wildman–Crippen MR) is 114 cm³/mol. The molecule has 1 aromatic heterocycles. The average Bonchev–Trinajstić information content (AvgIpc) is 2.62. The highest BCUT2D eigenvalue weighted by molar-refractivity contribution is 8.00. The summed E-state index contributed by atoms with van der Waals surface area (Å²) in [6, 6.07) is 4.65. The molecule has 2 N–H and O–H groups in total. The highest BCUT2D eigenvalue weighted by Crippen LogP contribution is 2.39. The van der Waals surface area contributed by atoms with Gasteiger partial charge in [0.2, 0.25) is 0 Å². The molecule has 0 saturated carbocycles. The SMILES string of the molecule is CCSc1cc(C(=O)OC(C)(C)C)cnc1C(=O)Nc1cc(SC(F)(F)F)ccc1O. The van der Waals surface area contributed by atoms with Crippen LogP contribution in [-0.2, 0) is 4.74 Å². The Kier molecular flexibility index (Phi) is 7.87. The summed E-state index contributed by atoms with van der Waals surface area (Å²) < 4.78 is 43.1. The number of pyridine rings is 1. The first kappa shape index (κ1) is 24.9. The molecule has 0 unspecified atom stereocenters. The number of aromatic hydroxyl groups is 1. The summed E-state index contributed by atoms with van der Waals surface area (Å²) in [5.41, 5.74) is -5.28.